The van der Waals surface area contributed by atoms with Crippen molar-refractivity contribution in [2.24, 2.45) is 5.41 Å². The van der Waals surface area contributed by atoms with E-state index in [1.807, 2.05) is 19.1 Å². The highest BCUT2D eigenvalue weighted by Crippen LogP contribution is 2.44. The lowest BCUT2D eigenvalue weighted by Crippen LogP contribution is -2.31. The van der Waals surface area contributed by atoms with Crippen LogP contribution in [0.1, 0.15) is 44.3 Å². The van der Waals surface area contributed by atoms with Gasteiger partial charge in [0.2, 0.25) is 11.6 Å². The number of nitrogens with zero attached hydrogens (tertiary/aromatic N) is 2. The summed E-state index contributed by atoms with van der Waals surface area (Å²) < 4.78 is 10.6. The Labute approximate surface area is 133 Å². The topological polar surface area (TPSA) is 93.2 Å². The molecule has 0 saturated heterocycles. The molecule has 0 unspecified atom stereocenters. The predicted molar refractivity (Wildman–Crippen MR) is 82.8 cm³/mol. The molecule has 2 N–H and O–H groups in total. The van der Waals surface area contributed by atoms with Gasteiger partial charge >= 0.3 is 0 Å². The minimum atomic E-state index is -0.400. The smallest absolute Gasteiger partial charge is 0.219 e. The molecule has 7 heteroatoms. The van der Waals surface area contributed by atoms with Crippen LogP contribution in [0.15, 0.2) is 32.4 Å². The van der Waals surface area contributed by atoms with E-state index in [0.717, 1.165) is 17.9 Å². The number of aryl methyl sites for hydroxylation is 1. The van der Waals surface area contributed by atoms with Crippen molar-refractivity contribution in [2.75, 3.05) is 10.6 Å². The number of furan rings is 1. The third-order valence-corrected chi connectivity index (χ3v) is 4.29. The first-order chi connectivity index (χ1) is 10.9. The molecule has 1 aliphatic heterocycles. The maximum Gasteiger partial charge on any atom is 0.219 e. The van der Waals surface area contributed by atoms with Gasteiger partial charge in [0, 0.05) is 17.7 Å². The fourth-order valence-corrected chi connectivity index (χ4v) is 3.32. The Morgan fingerprint density at radius 2 is 2.00 bits per heavy atom. The van der Waals surface area contributed by atoms with Gasteiger partial charge in [0.15, 0.2) is 5.78 Å². The van der Waals surface area contributed by atoms with Gasteiger partial charge in [0.05, 0.1) is 0 Å². The summed E-state index contributed by atoms with van der Waals surface area (Å²) >= 11 is 0. The number of Topliss-reactive ketones (excluding diaryl/α,β-unsaturated/α-hetero) is 1. The summed E-state index contributed by atoms with van der Waals surface area (Å²) in [7, 11) is 0. The monoisotopic (exact) mass is 314 g/mol. The van der Waals surface area contributed by atoms with Crippen LogP contribution in [0.4, 0.5) is 11.6 Å². The number of fused-ring (bicyclic) bond motifs is 1. The van der Waals surface area contributed by atoms with Crippen molar-refractivity contribution >= 4 is 17.4 Å². The van der Waals surface area contributed by atoms with Crippen molar-refractivity contribution in [3.63, 3.8) is 0 Å². The molecule has 0 bridgehead atoms. The summed E-state index contributed by atoms with van der Waals surface area (Å²) in [5, 5.41) is 14.2. The van der Waals surface area contributed by atoms with Crippen LogP contribution in [0.25, 0.3) is 0 Å². The third-order valence-electron chi connectivity index (χ3n) is 4.29. The summed E-state index contributed by atoms with van der Waals surface area (Å²) in [6.07, 6.45) is 1.25. The second kappa shape index (κ2) is 4.71. The highest BCUT2D eigenvalue weighted by Gasteiger charge is 2.40. The number of carbonyl (C=O) groups is 1. The van der Waals surface area contributed by atoms with E-state index in [4.69, 9.17) is 9.05 Å². The minimum Gasteiger partial charge on any atom is -0.464 e. The molecule has 0 amide bonds. The summed E-state index contributed by atoms with van der Waals surface area (Å²) in [5.74, 6) is 2.55. The molecule has 2 aromatic heterocycles. The lowest BCUT2D eigenvalue weighted by atomic mass is 9.74. The lowest BCUT2D eigenvalue weighted by molar-refractivity contribution is -0.118. The Kier molecular flexibility index (Phi) is 2.88. The van der Waals surface area contributed by atoms with Crippen LogP contribution in [-0.4, -0.2) is 16.1 Å². The average molecular weight is 314 g/mol. The van der Waals surface area contributed by atoms with Gasteiger partial charge in [-0.2, -0.15) is 0 Å². The lowest BCUT2D eigenvalue weighted by Gasteiger charge is -2.33. The van der Waals surface area contributed by atoms with Gasteiger partial charge in [0.1, 0.15) is 17.6 Å². The van der Waals surface area contributed by atoms with E-state index in [9.17, 15) is 4.79 Å². The van der Waals surface area contributed by atoms with Crippen LogP contribution < -0.4 is 10.6 Å². The number of allylic oxidation sites excluding steroid dienone is 1. The van der Waals surface area contributed by atoms with Gasteiger partial charge in [0.25, 0.3) is 0 Å². The zero-order valence-electron chi connectivity index (χ0n) is 13.3. The van der Waals surface area contributed by atoms with Crippen molar-refractivity contribution < 1.29 is 13.8 Å². The number of rotatable bonds is 1. The van der Waals surface area contributed by atoms with Crippen LogP contribution in [0.2, 0.25) is 0 Å². The highest BCUT2D eigenvalue weighted by molar-refractivity contribution is 6.00. The molecule has 120 valence electrons. The molecule has 3 heterocycles. The molecule has 1 aliphatic carbocycles. The predicted octanol–water partition coefficient (Wildman–Crippen LogP) is 3.19. The quantitative estimate of drug-likeness (QED) is 0.834. The molecule has 0 spiro atoms. The number of hydrogen-bond acceptors (Lipinski definition) is 7. The molecule has 4 rings (SSSR count). The summed E-state index contributed by atoms with van der Waals surface area (Å²) in [5.41, 5.74) is 1.44. The van der Waals surface area contributed by atoms with Crippen LogP contribution in [0.3, 0.4) is 0 Å². The fourth-order valence-electron chi connectivity index (χ4n) is 3.32. The van der Waals surface area contributed by atoms with E-state index < -0.39 is 6.04 Å². The van der Waals surface area contributed by atoms with E-state index in [1.54, 1.807) is 0 Å². The zero-order chi connectivity index (χ0) is 16.2. The number of nitrogens with one attached hydrogen (secondary N) is 2. The van der Waals surface area contributed by atoms with Crippen molar-refractivity contribution in [2.45, 2.75) is 39.7 Å². The molecule has 0 fully saturated rings. The standard InChI is InChI=1S/C16H18N4O3/c1-8-4-5-11(22-8)13-12-9(6-16(2,3)7-10(12)21)17-14-15(18-13)20-23-19-14/h4-5,13H,6-7H2,1-3H3,(H,17,19)(H,18,20)/t13-/m0/s1. The van der Waals surface area contributed by atoms with Crippen molar-refractivity contribution in [1.82, 2.24) is 10.3 Å². The number of hydrogen-bond donors (Lipinski definition) is 2. The van der Waals surface area contributed by atoms with Gasteiger partial charge in [-0.3, -0.25) is 4.79 Å². The Morgan fingerprint density at radius 3 is 2.74 bits per heavy atom. The SMILES string of the molecule is Cc1ccc([C@@H]2Nc3nonc3NC3=C2C(=O)CC(C)(C)C3)o1. The normalized spacial score (nSPS) is 22.7. The number of anilines is 2. The Balaban J connectivity index is 1.87. The van der Waals surface area contributed by atoms with E-state index in [-0.39, 0.29) is 11.2 Å². The number of carbonyl (C=O) groups excluding carboxylic acids is 1. The maximum absolute atomic E-state index is 12.8. The van der Waals surface area contributed by atoms with Crippen molar-refractivity contribution in [1.29, 1.82) is 0 Å². The Hall–Kier alpha value is -2.57. The van der Waals surface area contributed by atoms with Crippen LogP contribution in [0.5, 0.6) is 0 Å². The molecule has 2 aliphatic rings. The van der Waals surface area contributed by atoms with E-state index in [0.29, 0.717) is 29.4 Å². The van der Waals surface area contributed by atoms with Crippen LogP contribution in [-0.2, 0) is 4.79 Å². The fraction of sp³-hybridized carbons (Fsp3) is 0.438. The average Bonchev–Trinajstić information content (AvgIpc) is 3.02. The van der Waals surface area contributed by atoms with Gasteiger partial charge < -0.3 is 15.1 Å². The molecule has 2 aromatic rings. The maximum atomic E-state index is 12.8. The molecule has 1 atom stereocenters. The van der Waals surface area contributed by atoms with Gasteiger partial charge in [-0.25, -0.2) is 4.63 Å². The van der Waals surface area contributed by atoms with Crippen LogP contribution >= 0.6 is 0 Å². The van der Waals surface area contributed by atoms with Crippen LogP contribution in [0, 0.1) is 12.3 Å². The number of aromatic nitrogens is 2. The minimum absolute atomic E-state index is 0.103. The molecule has 0 radical (unpaired) electrons. The first kappa shape index (κ1) is 14.0. The Morgan fingerprint density at radius 1 is 1.22 bits per heavy atom. The second-order valence-corrected chi connectivity index (χ2v) is 6.95. The zero-order valence-corrected chi connectivity index (χ0v) is 13.3. The highest BCUT2D eigenvalue weighted by atomic mass is 16.6. The van der Waals surface area contributed by atoms with Gasteiger partial charge in [-0.05, 0) is 41.2 Å². The summed E-state index contributed by atoms with van der Waals surface area (Å²) in [6, 6.07) is 3.36. The molecule has 23 heavy (non-hydrogen) atoms. The molecular weight excluding hydrogens is 296 g/mol. The van der Waals surface area contributed by atoms with Crippen molar-refractivity contribution in [3.8, 4) is 0 Å². The van der Waals surface area contributed by atoms with Crippen molar-refractivity contribution in [3.05, 3.63) is 34.9 Å². The Bertz CT molecular complexity index is 815. The van der Waals surface area contributed by atoms with E-state index in [2.05, 4.69) is 34.8 Å². The number of ketones is 1. The molecular formula is C16H18N4O3. The van der Waals surface area contributed by atoms with E-state index in [1.165, 1.54) is 0 Å². The van der Waals surface area contributed by atoms with Gasteiger partial charge in [-0.1, -0.05) is 13.8 Å². The first-order valence-electron chi connectivity index (χ1n) is 7.62. The second-order valence-electron chi connectivity index (χ2n) is 6.95. The largest absolute Gasteiger partial charge is 0.464 e. The van der Waals surface area contributed by atoms with E-state index >= 15 is 0 Å². The summed E-state index contributed by atoms with van der Waals surface area (Å²) in [6.45, 7) is 6.05. The summed E-state index contributed by atoms with van der Waals surface area (Å²) in [4.78, 5) is 12.8. The molecule has 0 saturated carbocycles. The van der Waals surface area contributed by atoms with Gasteiger partial charge in [-0.15, -0.1) is 0 Å². The first-order valence-corrected chi connectivity index (χ1v) is 7.62. The molecule has 0 aromatic carbocycles. The third kappa shape index (κ3) is 2.32. The molecule has 7 nitrogen and oxygen atoms in total.